The van der Waals surface area contributed by atoms with Crippen molar-refractivity contribution in [2.75, 3.05) is 6.54 Å². The second-order valence-electron chi connectivity index (χ2n) is 4.30. The molecule has 0 aliphatic carbocycles. The summed E-state index contributed by atoms with van der Waals surface area (Å²) in [5.41, 5.74) is 5.82. The van der Waals surface area contributed by atoms with E-state index in [4.69, 9.17) is 22.5 Å². The molecule has 0 saturated carbocycles. The molecule has 1 rings (SSSR count). The zero-order valence-electron chi connectivity index (χ0n) is 10.7. The fraction of sp³-hybridized carbons (Fsp3) is 0.417. The summed E-state index contributed by atoms with van der Waals surface area (Å²) in [4.78, 5) is 0. The van der Waals surface area contributed by atoms with Crippen molar-refractivity contribution < 1.29 is 18.4 Å². The number of rotatable bonds is 5. The molecule has 0 aliphatic heterocycles. The molecule has 1 unspecified atom stereocenters. The molecule has 0 fully saturated rings. The molecule has 0 radical (unpaired) electrons. The molecule has 112 valence electrons. The topological polar surface area (TPSA) is 70.6 Å². The third kappa shape index (κ3) is 4.57. The molecular weight excluding hydrogens is 295 g/mol. The summed E-state index contributed by atoms with van der Waals surface area (Å²) in [7, 11) is 0. The van der Waals surface area contributed by atoms with Crippen LogP contribution >= 0.6 is 11.6 Å². The molecule has 0 aromatic heterocycles. The Balaban J connectivity index is 2.73. The first kappa shape index (κ1) is 16.6. The lowest BCUT2D eigenvalue weighted by Crippen LogP contribution is -2.43. The SMILES string of the molecule is C[C@@H](NCC(/C(N)=N/O)C(F)(F)F)c1cccc(Cl)c1. The summed E-state index contributed by atoms with van der Waals surface area (Å²) in [5, 5.41) is 14.0. The highest BCUT2D eigenvalue weighted by molar-refractivity contribution is 6.30. The van der Waals surface area contributed by atoms with Crippen LogP contribution in [0.4, 0.5) is 13.2 Å². The zero-order valence-corrected chi connectivity index (χ0v) is 11.4. The van der Waals surface area contributed by atoms with Crippen LogP contribution in [-0.2, 0) is 0 Å². The lowest BCUT2D eigenvalue weighted by atomic mass is 10.1. The summed E-state index contributed by atoms with van der Waals surface area (Å²) >= 11 is 5.82. The molecule has 1 aromatic rings. The number of nitrogens with two attached hydrogens (primary N) is 1. The molecule has 4 nitrogen and oxygen atoms in total. The predicted molar refractivity (Wildman–Crippen MR) is 70.8 cm³/mol. The lowest BCUT2D eigenvalue weighted by Gasteiger charge is -2.22. The van der Waals surface area contributed by atoms with Crippen LogP contribution in [0.3, 0.4) is 0 Å². The largest absolute Gasteiger partial charge is 0.409 e. The second kappa shape index (κ2) is 6.81. The van der Waals surface area contributed by atoms with E-state index in [1.807, 2.05) is 0 Å². The monoisotopic (exact) mass is 309 g/mol. The van der Waals surface area contributed by atoms with Gasteiger partial charge in [-0.1, -0.05) is 28.9 Å². The molecule has 0 spiro atoms. The average Bonchev–Trinajstić information content (AvgIpc) is 2.36. The van der Waals surface area contributed by atoms with Gasteiger partial charge in [-0.05, 0) is 24.6 Å². The molecule has 2 atom stereocenters. The fourth-order valence-corrected chi connectivity index (χ4v) is 1.84. The highest BCUT2D eigenvalue weighted by atomic mass is 35.5. The molecule has 4 N–H and O–H groups in total. The van der Waals surface area contributed by atoms with Crippen LogP contribution in [0.2, 0.25) is 5.02 Å². The number of hydrogen-bond donors (Lipinski definition) is 3. The smallest absolute Gasteiger partial charge is 0.400 e. The van der Waals surface area contributed by atoms with Gasteiger partial charge in [-0.2, -0.15) is 13.2 Å². The van der Waals surface area contributed by atoms with Gasteiger partial charge in [-0.25, -0.2) is 0 Å². The van der Waals surface area contributed by atoms with Crippen LogP contribution in [0.1, 0.15) is 18.5 Å². The van der Waals surface area contributed by atoms with Gasteiger partial charge in [0.05, 0.1) is 0 Å². The van der Waals surface area contributed by atoms with Crippen molar-refractivity contribution in [2.45, 2.75) is 19.1 Å². The summed E-state index contributed by atoms with van der Waals surface area (Å²) in [5.74, 6) is -2.92. The standard InChI is InChI=1S/C12H15ClF3N3O/c1-7(8-3-2-4-9(13)5-8)18-6-10(11(17)19-20)12(14,15)16/h2-5,7,10,18,20H,6H2,1H3,(H2,17,19)/t7-,10?/m1/s1. The van der Waals surface area contributed by atoms with E-state index in [1.54, 1.807) is 31.2 Å². The Morgan fingerprint density at radius 1 is 1.50 bits per heavy atom. The third-order valence-electron chi connectivity index (χ3n) is 2.84. The van der Waals surface area contributed by atoms with Crippen molar-refractivity contribution in [3.63, 3.8) is 0 Å². The molecule has 0 bridgehead atoms. The molecule has 0 amide bonds. The van der Waals surface area contributed by atoms with E-state index in [0.29, 0.717) is 5.02 Å². The van der Waals surface area contributed by atoms with Gasteiger partial charge >= 0.3 is 6.18 Å². The van der Waals surface area contributed by atoms with Crippen molar-refractivity contribution in [3.05, 3.63) is 34.9 Å². The van der Waals surface area contributed by atoms with E-state index in [0.717, 1.165) is 5.56 Å². The Bertz CT molecular complexity index is 479. The summed E-state index contributed by atoms with van der Waals surface area (Å²) in [6, 6.07) is 6.43. The maximum Gasteiger partial charge on any atom is 0.400 e. The lowest BCUT2D eigenvalue weighted by molar-refractivity contribution is -0.155. The molecule has 20 heavy (non-hydrogen) atoms. The number of alkyl halides is 3. The molecule has 1 aromatic carbocycles. The minimum Gasteiger partial charge on any atom is -0.409 e. The Morgan fingerprint density at radius 3 is 2.65 bits per heavy atom. The van der Waals surface area contributed by atoms with Gasteiger partial charge in [0.25, 0.3) is 0 Å². The fourth-order valence-electron chi connectivity index (χ4n) is 1.65. The van der Waals surface area contributed by atoms with E-state index >= 15 is 0 Å². The molecular formula is C12H15ClF3N3O. The number of oxime groups is 1. The average molecular weight is 310 g/mol. The van der Waals surface area contributed by atoms with Crippen LogP contribution in [0, 0.1) is 5.92 Å². The van der Waals surface area contributed by atoms with E-state index in [2.05, 4.69) is 10.5 Å². The number of halogens is 4. The molecule has 8 heteroatoms. The number of benzene rings is 1. The van der Waals surface area contributed by atoms with E-state index in [1.165, 1.54) is 0 Å². The Morgan fingerprint density at radius 2 is 2.15 bits per heavy atom. The first-order chi connectivity index (χ1) is 9.25. The summed E-state index contributed by atoms with van der Waals surface area (Å²) < 4.78 is 38.2. The number of hydrogen-bond acceptors (Lipinski definition) is 3. The second-order valence-corrected chi connectivity index (χ2v) is 4.74. The highest BCUT2D eigenvalue weighted by Crippen LogP contribution is 2.27. The van der Waals surface area contributed by atoms with Crippen LogP contribution in [0.15, 0.2) is 29.4 Å². The normalized spacial score (nSPS) is 15.9. The minimum atomic E-state index is -4.59. The van der Waals surface area contributed by atoms with Gasteiger partial charge in [-0.3, -0.25) is 0 Å². The quantitative estimate of drug-likeness (QED) is 0.339. The van der Waals surface area contributed by atoms with Crippen LogP contribution < -0.4 is 11.1 Å². The van der Waals surface area contributed by atoms with Crippen molar-refractivity contribution in [2.24, 2.45) is 16.8 Å². The van der Waals surface area contributed by atoms with Crippen molar-refractivity contribution in [1.29, 1.82) is 0 Å². The third-order valence-corrected chi connectivity index (χ3v) is 3.08. The zero-order chi connectivity index (χ0) is 15.3. The first-order valence-corrected chi connectivity index (χ1v) is 6.16. The van der Waals surface area contributed by atoms with Gasteiger partial charge in [0, 0.05) is 17.6 Å². The van der Waals surface area contributed by atoms with Gasteiger partial charge in [-0.15, -0.1) is 0 Å². The number of nitrogens with one attached hydrogen (secondary N) is 1. The van der Waals surface area contributed by atoms with Gasteiger partial charge in [0.1, 0.15) is 5.92 Å². The summed E-state index contributed by atoms with van der Waals surface area (Å²) in [6.07, 6.45) is -4.59. The number of amidine groups is 1. The van der Waals surface area contributed by atoms with Crippen molar-refractivity contribution in [1.82, 2.24) is 5.32 Å². The summed E-state index contributed by atoms with van der Waals surface area (Å²) in [6.45, 7) is 1.21. The Hall–Kier alpha value is -1.47. The Kier molecular flexibility index (Phi) is 5.64. The highest BCUT2D eigenvalue weighted by Gasteiger charge is 2.42. The predicted octanol–water partition coefficient (Wildman–Crippen LogP) is 2.92. The first-order valence-electron chi connectivity index (χ1n) is 5.78. The maximum atomic E-state index is 12.7. The van der Waals surface area contributed by atoms with Gasteiger partial charge in [0.2, 0.25) is 0 Å². The van der Waals surface area contributed by atoms with Crippen LogP contribution in [-0.4, -0.2) is 23.8 Å². The molecule has 0 heterocycles. The van der Waals surface area contributed by atoms with Crippen molar-refractivity contribution in [3.8, 4) is 0 Å². The minimum absolute atomic E-state index is 0.356. The van der Waals surface area contributed by atoms with E-state index in [9.17, 15) is 13.2 Å². The van der Waals surface area contributed by atoms with Crippen molar-refractivity contribution >= 4 is 17.4 Å². The van der Waals surface area contributed by atoms with Gasteiger partial charge < -0.3 is 16.3 Å². The maximum absolute atomic E-state index is 12.7. The molecule has 0 aliphatic rings. The molecule has 0 saturated heterocycles. The number of nitrogens with zero attached hydrogens (tertiary/aromatic N) is 1. The van der Waals surface area contributed by atoms with E-state index < -0.39 is 24.5 Å². The van der Waals surface area contributed by atoms with Crippen LogP contribution in [0.25, 0.3) is 0 Å². The van der Waals surface area contributed by atoms with Gasteiger partial charge in [0.15, 0.2) is 5.84 Å². The van der Waals surface area contributed by atoms with Crippen LogP contribution in [0.5, 0.6) is 0 Å². The van der Waals surface area contributed by atoms with E-state index in [-0.39, 0.29) is 6.04 Å². The Labute approximate surface area is 119 Å².